The Morgan fingerprint density at radius 3 is 0.837 bits per heavy atom. The Balaban J connectivity index is 1.30. The fraction of sp³-hybridized carbons (Fsp3) is 0.561. The van der Waals surface area contributed by atoms with Gasteiger partial charge in [-0.2, -0.15) is 0 Å². The molecule has 0 aliphatic heterocycles. The number of hydrogen-bond acceptors (Lipinski definition) is 0. The van der Waals surface area contributed by atoms with Gasteiger partial charge in [0, 0.05) is 0 Å². The van der Waals surface area contributed by atoms with Crippen molar-refractivity contribution in [2.45, 2.75) is 142 Å². The standard InChI is InChI=1S/C41H62IP/c1-2-3-4-5-6-7-8-9-10-11-12-13-14-15-16-17-18-19-20-21-31-38-43(42,39-32-25-22-26-33-39,40-34-27-23-28-35-40)41-36-29-24-30-37-41/h22-30,32-37H,2-21,31,38H2,1H3. The SMILES string of the molecule is CCCCCCCCCCCCCCCCCCCCCCCP(I)(c1ccccc1)(c1ccccc1)c1ccccc1. The predicted molar refractivity (Wildman–Crippen MR) is 207 cm³/mol. The van der Waals surface area contributed by atoms with Gasteiger partial charge in [-0.3, -0.25) is 0 Å². The first-order valence-corrected chi connectivity index (χ1v) is 23.3. The maximum absolute atomic E-state index is 2.94. The molecule has 3 aromatic carbocycles. The van der Waals surface area contributed by atoms with Crippen LogP contribution in [-0.2, 0) is 0 Å². The molecule has 0 heterocycles. The summed E-state index contributed by atoms with van der Waals surface area (Å²) in [6.45, 7) is 2.30. The summed E-state index contributed by atoms with van der Waals surface area (Å²) in [4.78, 5) is 0. The second kappa shape index (κ2) is 21.5. The van der Waals surface area contributed by atoms with Gasteiger partial charge < -0.3 is 0 Å². The molecule has 0 N–H and O–H groups in total. The van der Waals surface area contributed by atoms with E-state index in [0.717, 1.165) is 0 Å². The van der Waals surface area contributed by atoms with Crippen molar-refractivity contribution >= 4 is 42.2 Å². The zero-order valence-electron chi connectivity index (χ0n) is 27.5. The summed E-state index contributed by atoms with van der Waals surface area (Å²) in [6.07, 6.45) is 31.3. The van der Waals surface area contributed by atoms with Crippen LogP contribution >= 0.6 is 26.3 Å². The molecule has 0 spiro atoms. The molecule has 3 aromatic rings. The number of benzene rings is 3. The van der Waals surface area contributed by atoms with Crippen molar-refractivity contribution in [3.8, 4) is 0 Å². The molecule has 3 rings (SSSR count). The van der Waals surface area contributed by atoms with Crippen LogP contribution in [0.3, 0.4) is 0 Å². The zero-order chi connectivity index (χ0) is 30.3. The number of hydrogen-bond donors (Lipinski definition) is 0. The second-order valence-electron chi connectivity index (χ2n) is 13.0. The molecular formula is C41H62IP. The molecule has 43 heavy (non-hydrogen) atoms. The fourth-order valence-electron chi connectivity index (χ4n) is 6.89. The Kier molecular flexibility index (Phi) is 18.2. The van der Waals surface area contributed by atoms with Gasteiger partial charge in [-0.1, -0.05) is 71.1 Å². The first kappa shape index (κ1) is 36.3. The fourth-order valence-corrected chi connectivity index (χ4v) is 15.7. The number of unbranched alkanes of at least 4 members (excludes halogenated alkanes) is 20. The number of rotatable bonds is 25. The Labute approximate surface area is 279 Å². The van der Waals surface area contributed by atoms with Crippen LogP contribution < -0.4 is 15.9 Å². The molecule has 238 valence electrons. The first-order valence-electron chi connectivity index (χ1n) is 18.1. The zero-order valence-corrected chi connectivity index (χ0v) is 30.6. The minimum atomic E-state index is -2.58. The van der Waals surface area contributed by atoms with E-state index in [1.54, 1.807) is 0 Å². The molecule has 0 saturated carbocycles. The van der Waals surface area contributed by atoms with Crippen LogP contribution in [0.25, 0.3) is 0 Å². The van der Waals surface area contributed by atoms with E-state index >= 15 is 0 Å². The minimum absolute atomic E-state index is 1.24. The summed E-state index contributed by atoms with van der Waals surface area (Å²) >= 11 is 2.94. The average molecular weight is 713 g/mol. The summed E-state index contributed by atoms with van der Waals surface area (Å²) in [6, 6.07) is 34.2. The van der Waals surface area contributed by atoms with Gasteiger partial charge in [0.25, 0.3) is 0 Å². The molecule has 0 radical (unpaired) electrons. The summed E-state index contributed by atoms with van der Waals surface area (Å²) in [5, 5.41) is 4.54. The van der Waals surface area contributed by atoms with E-state index in [1.165, 1.54) is 157 Å². The van der Waals surface area contributed by atoms with Crippen molar-refractivity contribution in [2.75, 3.05) is 6.16 Å². The Morgan fingerprint density at radius 1 is 0.349 bits per heavy atom. The molecule has 0 bridgehead atoms. The van der Waals surface area contributed by atoms with E-state index in [9.17, 15) is 0 Å². The van der Waals surface area contributed by atoms with E-state index < -0.39 is 4.25 Å². The molecule has 0 saturated heterocycles. The van der Waals surface area contributed by atoms with Gasteiger partial charge >= 0.3 is 210 Å². The molecule has 0 unspecified atom stereocenters. The molecular weight excluding hydrogens is 650 g/mol. The van der Waals surface area contributed by atoms with Crippen molar-refractivity contribution < 1.29 is 0 Å². The molecule has 2 heteroatoms. The van der Waals surface area contributed by atoms with E-state index in [0.29, 0.717) is 0 Å². The quantitative estimate of drug-likeness (QED) is 0.0466. The first-order chi connectivity index (χ1) is 21.2. The summed E-state index contributed by atoms with van der Waals surface area (Å²) < 4.78 is -2.58. The Morgan fingerprint density at radius 2 is 0.581 bits per heavy atom. The van der Waals surface area contributed by atoms with Gasteiger partial charge in [-0.25, -0.2) is 0 Å². The topological polar surface area (TPSA) is 0 Å². The van der Waals surface area contributed by atoms with Crippen LogP contribution in [0, 0.1) is 0 Å². The van der Waals surface area contributed by atoms with Crippen LogP contribution in [0.5, 0.6) is 0 Å². The third-order valence-electron chi connectivity index (χ3n) is 9.57. The van der Waals surface area contributed by atoms with E-state index in [2.05, 4.69) is 120 Å². The molecule has 0 nitrogen and oxygen atoms in total. The van der Waals surface area contributed by atoms with Crippen molar-refractivity contribution in [1.82, 2.24) is 0 Å². The maximum atomic E-state index is 2.94. The summed E-state index contributed by atoms with van der Waals surface area (Å²) in [5.41, 5.74) is 0. The third kappa shape index (κ3) is 11.9. The third-order valence-corrected chi connectivity index (χ3v) is 21.3. The summed E-state index contributed by atoms with van der Waals surface area (Å²) in [5.74, 6) is 0. The molecule has 0 aliphatic carbocycles. The van der Waals surface area contributed by atoms with Crippen LogP contribution in [0.15, 0.2) is 91.0 Å². The van der Waals surface area contributed by atoms with Crippen LogP contribution in [0.1, 0.15) is 142 Å². The van der Waals surface area contributed by atoms with Gasteiger partial charge in [0.1, 0.15) is 0 Å². The molecule has 0 aromatic heterocycles. The van der Waals surface area contributed by atoms with Crippen LogP contribution in [0.4, 0.5) is 0 Å². The van der Waals surface area contributed by atoms with Crippen molar-refractivity contribution in [2.24, 2.45) is 0 Å². The van der Waals surface area contributed by atoms with Gasteiger partial charge in [-0.15, -0.1) is 0 Å². The Bertz CT molecular complexity index is 965. The normalized spacial score (nSPS) is 12.7. The van der Waals surface area contributed by atoms with Crippen molar-refractivity contribution in [1.29, 1.82) is 0 Å². The van der Waals surface area contributed by atoms with Gasteiger partial charge in [0.15, 0.2) is 0 Å². The van der Waals surface area contributed by atoms with Crippen LogP contribution in [0.2, 0.25) is 0 Å². The Hall–Kier alpha value is -1.18. The molecule has 0 amide bonds. The van der Waals surface area contributed by atoms with Gasteiger partial charge in [0.2, 0.25) is 0 Å². The molecule has 0 atom stereocenters. The van der Waals surface area contributed by atoms with Crippen molar-refractivity contribution in [3.63, 3.8) is 0 Å². The van der Waals surface area contributed by atoms with Crippen molar-refractivity contribution in [3.05, 3.63) is 91.0 Å². The summed E-state index contributed by atoms with van der Waals surface area (Å²) in [7, 11) is 0. The number of halogens is 1. The average Bonchev–Trinajstić information content (AvgIpc) is 3.06. The van der Waals surface area contributed by atoms with Crippen LogP contribution in [-0.4, -0.2) is 6.16 Å². The predicted octanol–water partition coefficient (Wildman–Crippen LogP) is 13.1. The van der Waals surface area contributed by atoms with E-state index in [-0.39, 0.29) is 0 Å². The monoisotopic (exact) mass is 712 g/mol. The molecule has 0 aliphatic rings. The van der Waals surface area contributed by atoms with Gasteiger partial charge in [0.05, 0.1) is 0 Å². The van der Waals surface area contributed by atoms with Gasteiger partial charge in [-0.05, 0) is 0 Å². The molecule has 0 fully saturated rings. The second-order valence-corrected chi connectivity index (χ2v) is 23.7. The van der Waals surface area contributed by atoms with E-state index in [4.69, 9.17) is 0 Å². The van der Waals surface area contributed by atoms with E-state index in [1.807, 2.05) is 0 Å².